The average molecular weight is 344 g/mol. The highest BCUT2D eigenvalue weighted by Gasteiger charge is 2.28. The summed E-state index contributed by atoms with van der Waals surface area (Å²) >= 11 is 0. The van der Waals surface area contributed by atoms with Crippen LogP contribution in [0.4, 0.5) is 0 Å². The number of hydrogen-bond acceptors (Lipinski definition) is 3. The summed E-state index contributed by atoms with van der Waals surface area (Å²) in [5, 5.41) is 1.16. The molecule has 1 aromatic rings. The van der Waals surface area contributed by atoms with Crippen LogP contribution in [-0.4, -0.2) is 14.0 Å². The largest absolute Gasteiger partial charge is 0.373 e. The summed E-state index contributed by atoms with van der Waals surface area (Å²) in [5.41, 5.74) is 4.43. The van der Waals surface area contributed by atoms with E-state index in [0.29, 0.717) is 17.4 Å². The third kappa shape index (κ3) is 4.25. The molecule has 3 nitrogen and oxygen atoms in total. The van der Waals surface area contributed by atoms with Crippen molar-refractivity contribution >= 4 is 19.2 Å². The predicted octanol–water partition coefficient (Wildman–Crippen LogP) is 4.50. The van der Waals surface area contributed by atoms with Gasteiger partial charge in [-0.05, 0) is 43.2 Å². The zero-order valence-corrected chi connectivity index (χ0v) is 15.9. The van der Waals surface area contributed by atoms with E-state index in [2.05, 4.69) is 33.6 Å². The monoisotopic (exact) mass is 343 g/mol. The molecule has 4 heteroatoms. The minimum Gasteiger partial charge on any atom is -0.292 e. The minimum atomic E-state index is -1.85. The molecule has 0 N–H and O–H groups in total. The van der Waals surface area contributed by atoms with Crippen molar-refractivity contribution < 1.29 is 14.6 Å². The summed E-state index contributed by atoms with van der Waals surface area (Å²) in [7, 11) is -1.85. The number of carbonyl (C=O) groups is 1. The summed E-state index contributed by atoms with van der Waals surface area (Å²) in [4.78, 5) is 22.5. The number of carbonyl (C=O) groups excluding carboxylic acids is 1. The molecule has 0 spiro atoms. The van der Waals surface area contributed by atoms with E-state index in [1.807, 2.05) is 23.5 Å². The normalized spacial score (nSPS) is 22.0. The second kappa shape index (κ2) is 7.95. The molecule has 2 unspecified atom stereocenters. The van der Waals surface area contributed by atoms with Gasteiger partial charge in [-0.25, -0.2) is 4.79 Å². The molecule has 0 bridgehead atoms. The lowest BCUT2D eigenvalue weighted by atomic mass is 9.80. The average Bonchev–Trinajstić information content (AvgIpc) is 2.62. The summed E-state index contributed by atoms with van der Waals surface area (Å²) in [6, 6.07) is 7.44. The van der Waals surface area contributed by atoms with E-state index >= 15 is 0 Å². The Bertz CT molecular complexity index is 585. The van der Waals surface area contributed by atoms with Crippen LogP contribution in [0, 0.1) is 17.9 Å². The van der Waals surface area contributed by atoms with Crippen molar-refractivity contribution in [2.45, 2.75) is 39.7 Å². The first kappa shape index (κ1) is 18.7. The maximum Gasteiger partial charge on any atom is 0.373 e. The Balaban J connectivity index is 1.93. The van der Waals surface area contributed by atoms with Crippen molar-refractivity contribution in [3.8, 4) is 0 Å². The molecule has 0 heterocycles. The molecule has 1 saturated carbocycles. The molecule has 0 aliphatic heterocycles. The van der Waals surface area contributed by atoms with Crippen LogP contribution in [-0.2, 0) is 9.78 Å². The molecule has 1 aliphatic carbocycles. The van der Waals surface area contributed by atoms with E-state index in [9.17, 15) is 4.79 Å². The molecule has 2 rings (SSSR count). The standard InChI is InChI=1S/C20H27O3Si/c1-6-24(5,7-2)19-12-9-17(10-13-19)20(21)23-22-18-11-8-15(3)16(4)14-18/h6-7,9-10,12-13,15-16H,1-2,8,11,14H2,3-5H3. The Morgan fingerprint density at radius 2 is 1.79 bits per heavy atom. The van der Waals surface area contributed by atoms with Crippen LogP contribution in [0.1, 0.15) is 43.5 Å². The topological polar surface area (TPSA) is 35.5 Å². The van der Waals surface area contributed by atoms with Crippen molar-refractivity contribution in [2.75, 3.05) is 0 Å². The number of rotatable bonds is 6. The first-order chi connectivity index (χ1) is 11.4. The van der Waals surface area contributed by atoms with Gasteiger partial charge in [-0.15, -0.1) is 13.2 Å². The maximum atomic E-state index is 12.1. The molecular formula is C20H27O3Si. The van der Waals surface area contributed by atoms with Crippen molar-refractivity contribution in [3.05, 3.63) is 60.5 Å². The van der Waals surface area contributed by atoms with E-state index in [1.165, 1.54) is 0 Å². The van der Waals surface area contributed by atoms with Gasteiger partial charge in [-0.1, -0.05) is 49.1 Å². The van der Waals surface area contributed by atoms with Crippen LogP contribution in [0.3, 0.4) is 0 Å². The van der Waals surface area contributed by atoms with Gasteiger partial charge in [-0.2, -0.15) is 4.89 Å². The number of benzene rings is 1. The summed E-state index contributed by atoms with van der Waals surface area (Å²) in [6.07, 6.45) is 3.66. The highest BCUT2D eigenvalue weighted by atomic mass is 28.3. The SMILES string of the molecule is C=C[Si](C)(C=C)c1ccc(C(=O)OO[C]2CCC(C)C(C)C2)cc1. The summed E-state index contributed by atoms with van der Waals surface area (Å²) < 4.78 is 0. The predicted molar refractivity (Wildman–Crippen MR) is 100 cm³/mol. The van der Waals surface area contributed by atoms with E-state index < -0.39 is 14.0 Å². The molecule has 1 radical (unpaired) electrons. The van der Waals surface area contributed by atoms with Crippen LogP contribution in [0.2, 0.25) is 6.55 Å². The Kier molecular flexibility index (Phi) is 6.19. The van der Waals surface area contributed by atoms with Crippen LogP contribution in [0.5, 0.6) is 0 Å². The fourth-order valence-electron chi connectivity index (χ4n) is 2.84. The Morgan fingerprint density at radius 3 is 2.33 bits per heavy atom. The highest BCUT2D eigenvalue weighted by molar-refractivity contribution is 6.98. The van der Waals surface area contributed by atoms with Gasteiger partial charge in [0.1, 0.15) is 14.2 Å². The first-order valence-electron chi connectivity index (χ1n) is 8.51. The van der Waals surface area contributed by atoms with Gasteiger partial charge in [0.2, 0.25) is 0 Å². The molecule has 2 atom stereocenters. The highest BCUT2D eigenvalue weighted by Crippen LogP contribution is 2.35. The van der Waals surface area contributed by atoms with Gasteiger partial charge in [0.15, 0.2) is 0 Å². The van der Waals surface area contributed by atoms with Gasteiger partial charge in [-0.3, -0.25) is 4.89 Å². The smallest absolute Gasteiger partial charge is 0.292 e. The Hall–Kier alpha value is -1.65. The lowest BCUT2D eigenvalue weighted by molar-refractivity contribution is -0.242. The molecule has 129 valence electrons. The van der Waals surface area contributed by atoms with Gasteiger partial charge in [0.25, 0.3) is 0 Å². The van der Waals surface area contributed by atoms with Crippen LogP contribution >= 0.6 is 0 Å². The second-order valence-corrected chi connectivity index (χ2v) is 10.9. The van der Waals surface area contributed by atoms with E-state index in [4.69, 9.17) is 9.78 Å². The van der Waals surface area contributed by atoms with Crippen molar-refractivity contribution in [2.24, 2.45) is 11.8 Å². The fraction of sp³-hybridized carbons (Fsp3) is 0.400. The fourth-order valence-corrected chi connectivity index (χ4v) is 4.36. The molecule has 1 fully saturated rings. The van der Waals surface area contributed by atoms with E-state index in [-0.39, 0.29) is 0 Å². The quantitative estimate of drug-likeness (QED) is 0.433. The van der Waals surface area contributed by atoms with Gasteiger partial charge in [0.05, 0.1) is 5.56 Å². The van der Waals surface area contributed by atoms with Gasteiger partial charge in [0, 0.05) is 0 Å². The zero-order valence-electron chi connectivity index (χ0n) is 14.9. The summed E-state index contributed by atoms with van der Waals surface area (Å²) in [6.45, 7) is 14.4. The molecular weight excluding hydrogens is 316 g/mol. The zero-order chi connectivity index (χ0) is 17.7. The van der Waals surface area contributed by atoms with Crippen molar-refractivity contribution in [1.29, 1.82) is 0 Å². The van der Waals surface area contributed by atoms with Gasteiger partial charge >= 0.3 is 5.97 Å². The van der Waals surface area contributed by atoms with E-state index in [0.717, 1.165) is 30.6 Å². The second-order valence-electron chi connectivity index (χ2n) is 6.96. The summed E-state index contributed by atoms with van der Waals surface area (Å²) in [5.74, 6) is 0.793. The van der Waals surface area contributed by atoms with Crippen LogP contribution in [0.25, 0.3) is 0 Å². The third-order valence-electron chi connectivity index (χ3n) is 5.23. The van der Waals surface area contributed by atoms with Crippen molar-refractivity contribution in [1.82, 2.24) is 0 Å². The van der Waals surface area contributed by atoms with Gasteiger partial charge < -0.3 is 0 Å². The maximum absolute atomic E-state index is 12.1. The van der Waals surface area contributed by atoms with Crippen molar-refractivity contribution in [3.63, 3.8) is 0 Å². The Morgan fingerprint density at radius 1 is 1.17 bits per heavy atom. The lowest BCUT2D eigenvalue weighted by Crippen LogP contribution is -2.40. The number of hydrogen-bond donors (Lipinski definition) is 0. The first-order valence-corrected chi connectivity index (χ1v) is 11.2. The molecule has 0 saturated heterocycles. The van der Waals surface area contributed by atoms with E-state index in [1.54, 1.807) is 12.1 Å². The molecule has 24 heavy (non-hydrogen) atoms. The molecule has 1 aliphatic rings. The van der Waals surface area contributed by atoms with Crippen LogP contribution < -0.4 is 5.19 Å². The lowest BCUT2D eigenvalue weighted by Gasteiger charge is -2.29. The Labute approximate surface area is 146 Å². The minimum absolute atomic E-state index is 0.457. The molecule has 1 aromatic carbocycles. The third-order valence-corrected chi connectivity index (χ3v) is 8.50. The molecule has 0 amide bonds. The van der Waals surface area contributed by atoms with Crippen LogP contribution in [0.15, 0.2) is 48.8 Å². The molecule has 0 aromatic heterocycles.